The van der Waals surface area contributed by atoms with Gasteiger partial charge in [-0.2, -0.15) is 0 Å². The first-order valence-corrected chi connectivity index (χ1v) is 5.39. The van der Waals surface area contributed by atoms with Gasteiger partial charge in [0.25, 0.3) is 0 Å². The normalized spacial score (nSPS) is 12.0. The van der Waals surface area contributed by atoms with E-state index in [0.717, 1.165) is 0 Å². The lowest BCUT2D eigenvalue weighted by molar-refractivity contribution is -0.143. The molecule has 0 spiro atoms. The topological polar surface area (TPSA) is 43.4 Å². The van der Waals surface area contributed by atoms with E-state index in [1.165, 1.54) is 25.3 Å². The van der Waals surface area contributed by atoms with Gasteiger partial charge in [0.1, 0.15) is 11.7 Å². The third kappa shape index (κ3) is 2.90. The van der Waals surface area contributed by atoms with Crippen LogP contribution in [0.25, 0.3) is 0 Å². The highest BCUT2D eigenvalue weighted by atomic mass is 19.1. The van der Waals surface area contributed by atoms with Gasteiger partial charge in [-0.15, -0.1) is 0 Å². The number of hydrogen-bond acceptors (Lipinski definition) is 3. The van der Waals surface area contributed by atoms with Crippen molar-refractivity contribution in [1.29, 1.82) is 0 Å². The number of methoxy groups -OCH3 is 1. The molecule has 0 bridgehead atoms. The second-order valence-corrected chi connectivity index (χ2v) is 3.81. The second kappa shape index (κ2) is 5.57. The fraction of sp³-hybridized carbons (Fsp3) is 0.385. The van der Waals surface area contributed by atoms with E-state index in [4.69, 9.17) is 0 Å². The van der Waals surface area contributed by atoms with Gasteiger partial charge in [0, 0.05) is 5.56 Å². The molecule has 0 heterocycles. The number of Topliss-reactive ketones (excluding diaryl/α,β-unsaturated/α-hetero) is 1. The minimum Gasteiger partial charge on any atom is -0.468 e. The van der Waals surface area contributed by atoms with Crippen molar-refractivity contribution >= 4 is 11.8 Å². The molecule has 1 atom stereocenters. The summed E-state index contributed by atoms with van der Waals surface area (Å²) in [6.45, 7) is 3.37. The van der Waals surface area contributed by atoms with Gasteiger partial charge in [0.05, 0.1) is 7.11 Å². The molecule has 0 amide bonds. The van der Waals surface area contributed by atoms with Crippen molar-refractivity contribution in [3.8, 4) is 0 Å². The van der Waals surface area contributed by atoms with Crippen LogP contribution in [0.1, 0.15) is 29.3 Å². The maximum atomic E-state index is 12.9. The van der Waals surface area contributed by atoms with Gasteiger partial charge in [0.15, 0.2) is 5.78 Å². The lowest BCUT2D eigenvalue weighted by Gasteiger charge is -2.12. The van der Waals surface area contributed by atoms with Gasteiger partial charge in [-0.1, -0.05) is 6.92 Å². The lowest BCUT2D eigenvalue weighted by atomic mass is 9.92. The van der Waals surface area contributed by atoms with Crippen LogP contribution in [0, 0.1) is 18.7 Å². The SMILES string of the molecule is CCC(C(=O)OC)C(=O)c1ccc(F)cc1C. The van der Waals surface area contributed by atoms with Crippen molar-refractivity contribution in [2.45, 2.75) is 20.3 Å². The molecule has 0 aliphatic heterocycles. The Morgan fingerprint density at radius 2 is 2.06 bits per heavy atom. The van der Waals surface area contributed by atoms with Gasteiger partial charge in [-0.3, -0.25) is 9.59 Å². The Bertz CT molecular complexity index is 440. The average molecular weight is 238 g/mol. The van der Waals surface area contributed by atoms with Crippen molar-refractivity contribution < 1.29 is 18.7 Å². The Morgan fingerprint density at radius 1 is 1.41 bits per heavy atom. The molecule has 0 fully saturated rings. The summed E-state index contributed by atoms with van der Waals surface area (Å²) in [7, 11) is 1.25. The summed E-state index contributed by atoms with van der Waals surface area (Å²) in [5, 5.41) is 0. The summed E-state index contributed by atoms with van der Waals surface area (Å²) >= 11 is 0. The summed E-state index contributed by atoms with van der Waals surface area (Å²) in [5.74, 6) is -2.09. The molecule has 1 aromatic carbocycles. The summed E-state index contributed by atoms with van der Waals surface area (Å²) in [5.41, 5.74) is 0.890. The smallest absolute Gasteiger partial charge is 0.316 e. The van der Waals surface area contributed by atoms with Crippen LogP contribution >= 0.6 is 0 Å². The van der Waals surface area contributed by atoms with Gasteiger partial charge in [0.2, 0.25) is 0 Å². The van der Waals surface area contributed by atoms with Crippen LogP contribution in [-0.4, -0.2) is 18.9 Å². The first-order valence-electron chi connectivity index (χ1n) is 5.39. The van der Waals surface area contributed by atoms with Crippen molar-refractivity contribution in [1.82, 2.24) is 0 Å². The number of hydrogen-bond donors (Lipinski definition) is 0. The minimum absolute atomic E-state index is 0.322. The van der Waals surface area contributed by atoms with Gasteiger partial charge >= 0.3 is 5.97 Å². The summed E-state index contributed by atoms with van der Waals surface area (Å²) < 4.78 is 17.5. The number of esters is 1. The summed E-state index contributed by atoms with van der Waals surface area (Å²) in [6, 6.07) is 3.89. The molecule has 0 aliphatic rings. The summed E-state index contributed by atoms with van der Waals surface area (Å²) in [4.78, 5) is 23.5. The highest BCUT2D eigenvalue weighted by molar-refractivity contribution is 6.09. The van der Waals surface area contributed by atoms with E-state index in [0.29, 0.717) is 17.5 Å². The quantitative estimate of drug-likeness (QED) is 0.460. The minimum atomic E-state index is -0.816. The molecule has 1 aromatic rings. The molecule has 0 aromatic heterocycles. The maximum absolute atomic E-state index is 12.9. The van der Waals surface area contributed by atoms with Crippen molar-refractivity contribution in [3.05, 3.63) is 35.1 Å². The zero-order valence-corrected chi connectivity index (χ0v) is 10.1. The van der Waals surface area contributed by atoms with E-state index in [-0.39, 0.29) is 5.78 Å². The van der Waals surface area contributed by atoms with E-state index in [1.807, 2.05) is 0 Å². The predicted octanol–water partition coefficient (Wildman–Crippen LogP) is 2.52. The molecule has 0 saturated heterocycles. The second-order valence-electron chi connectivity index (χ2n) is 3.81. The predicted molar refractivity (Wildman–Crippen MR) is 61.3 cm³/mol. The number of carbonyl (C=O) groups is 2. The first kappa shape index (κ1) is 13.4. The van der Waals surface area contributed by atoms with Crippen LogP contribution in [0.15, 0.2) is 18.2 Å². The van der Waals surface area contributed by atoms with Gasteiger partial charge < -0.3 is 4.74 Å². The monoisotopic (exact) mass is 238 g/mol. The van der Waals surface area contributed by atoms with Crippen LogP contribution in [0.4, 0.5) is 4.39 Å². The maximum Gasteiger partial charge on any atom is 0.316 e. The highest BCUT2D eigenvalue weighted by Gasteiger charge is 2.27. The number of benzene rings is 1. The molecule has 0 N–H and O–H groups in total. The molecule has 1 unspecified atom stereocenters. The molecule has 0 saturated carbocycles. The van der Waals surface area contributed by atoms with E-state index >= 15 is 0 Å². The summed E-state index contributed by atoms with van der Waals surface area (Å²) in [6.07, 6.45) is 0.363. The van der Waals surface area contributed by atoms with Crippen LogP contribution < -0.4 is 0 Å². The Balaban J connectivity index is 3.06. The van der Waals surface area contributed by atoms with Gasteiger partial charge in [-0.05, 0) is 37.1 Å². The Labute approximate surface area is 99.6 Å². The van der Waals surface area contributed by atoms with Crippen LogP contribution in [-0.2, 0) is 9.53 Å². The molecule has 92 valence electrons. The number of aryl methyl sites for hydroxylation is 1. The molecule has 1 rings (SSSR count). The average Bonchev–Trinajstić information content (AvgIpc) is 2.29. The van der Waals surface area contributed by atoms with Crippen molar-refractivity contribution in [3.63, 3.8) is 0 Å². The molecule has 0 radical (unpaired) electrons. The van der Waals surface area contributed by atoms with Crippen LogP contribution in [0.3, 0.4) is 0 Å². The Kier molecular flexibility index (Phi) is 4.37. The van der Waals surface area contributed by atoms with E-state index < -0.39 is 17.7 Å². The van der Waals surface area contributed by atoms with E-state index in [2.05, 4.69) is 4.74 Å². The third-order valence-electron chi connectivity index (χ3n) is 2.66. The lowest BCUT2D eigenvalue weighted by Crippen LogP contribution is -2.25. The Hall–Kier alpha value is -1.71. The van der Waals surface area contributed by atoms with E-state index in [1.54, 1.807) is 13.8 Å². The molecule has 3 nitrogen and oxygen atoms in total. The van der Waals surface area contributed by atoms with Gasteiger partial charge in [-0.25, -0.2) is 4.39 Å². The number of rotatable bonds is 4. The van der Waals surface area contributed by atoms with Crippen molar-refractivity contribution in [2.75, 3.05) is 7.11 Å². The molecular weight excluding hydrogens is 223 g/mol. The highest BCUT2D eigenvalue weighted by Crippen LogP contribution is 2.18. The number of ketones is 1. The molecule has 0 aliphatic carbocycles. The van der Waals surface area contributed by atoms with E-state index in [9.17, 15) is 14.0 Å². The number of halogens is 1. The van der Waals surface area contributed by atoms with Crippen LogP contribution in [0.5, 0.6) is 0 Å². The fourth-order valence-electron chi connectivity index (χ4n) is 1.69. The molecular formula is C13H15FO3. The fourth-order valence-corrected chi connectivity index (χ4v) is 1.69. The Morgan fingerprint density at radius 3 is 2.53 bits per heavy atom. The van der Waals surface area contributed by atoms with Crippen LogP contribution in [0.2, 0.25) is 0 Å². The zero-order valence-electron chi connectivity index (χ0n) is 10.1. The number of carbonyl (C=O) groups excluding carboxylic acids is 2. The third-order valence-corrected chi connectivity index (χ3v) is 2.66. The molecule has 17 heavy (non-hydrogen) atoms. The molecule has 4 heteroatoms. The standard InChI is InChI=1S/C13H15FO3/c1-4-10(13(16)17-3)12(15)11-6-5-9(14)7-8(11)2/h5-7,10H,4H2,1-3H3. The first-order chi connectivity index (χ1) is 8.01. The van der Waals surface area contributed by atoms with Crippen molar-refractivity contribution in [2.24, 2.45) is 5.92 Å². The zero-order chi connectivity index (χ0) is 13.0. The largest absolute Gasteiger partial charge is 0.468 e. The number of ether oxygens (including phenoxy) is 1.